The van der Waals surface area contributed by atoms with Crippen LogP contribution < -0.4 is 5.46 Å². The monoisotopic (exact) mass is 1160 g/mol. The highest BCUT2D eigenvalue weighted by molar-refractivity contribution is 7.27. The summed E-state index contributed by atoms with van der Waals surface area (Å²) in [6, 6.07) is 94.9. The second-order valence-electron chi connectivity index (χ2n) is 20.5. The molecule has 0 amide bonds. The minimum absolute atomic E-state index is 0.183. The lowest BCUT2D eigenvalue weighted by Crippen LogP contribution is -2.29. The third-order valence-corrected chi connectivity index (χ3v) is 17.7. The molecule has 12 heteroatoms. The largest absolute Gasteiger partial charge is 0.489 e. The molecule has 0 bridgehead atoms. The zero-order chi connectivity index (χ0) is 57.9. The van der Waals surface area contributed by atoms with E-state index >= 15 is 0 Å². The van der Waals surface area contributed by atoms with Gasteiger partial charge >= 0.3 is 7.12 Å². The van der Waals surface area contributed by atoms with Crippen molar-refractivity contribution in [3.05, 3.63) is 284 Å². The third-order valence-electron chi connectivity index (χ3n) is 15.1. The second kappa shape index (κ2) is 23.9. The molecule has 16 aromatic rings. The molecule has 0 radical (unpaired) electrons. The van der Waals surface area contributed by atoms with Crippen LogP contribution in [0.2, 0.25) is 5.28 Å². The van der Waals surface area contributed by atoms with Crippen LogP contribution in [0.1, 0.15) is 0 Å². The second-order valence-corrected chi connectivity index (χ2v) is 22.9. The molecule has 0 fully saturated rings. The van der Waals surface area contributed by atoms with E-state index in [-0.39, 0.29) is 5.28 Å². The Labute approximate surface area is 508 Å². The first-order valence-electron chi connectivity index (χ1n) is 28.0. The first-order chi connectivity index (χ1) is 42.4. The van der Waals surface area contributed by atoms with Gasteiger partial charge in [0.05, 0.1) is 0 Å². The summed E-state index contributed by atoms with van der Waals surface area (Å²) >= 11 is 9.68. The summed E-state index contributed by atoms with van der Waals surface area (Å²) in [5.74, 6) is 3.15. The van der Waals surface area contributed by atoms with E-state index in [2.05, 4.69) is 192 Å². The van der Waals surface area contributed by atoms with Crippen LogP contribution in [0.4, 0.5) is 0 Å². The molecule has 0 aliphatic heterocycles. The number of hydrogen-bond donors (Lipinski definition) is 2. The summed E-state index contributed by atoms with van der Waals surface area (Å²) in [5.41, 5.74) is 9.93. The summed E-state index contributed by atoms with van der Waals surface area (Å²) < 4.78 is 4.58. The van der Waals surface area contributed by atoms with Crippen LogP contribution in [0, 0.1) is 0 Å². The van der Waals surface area contributed by atoms with E-state index < -0.39 is 7.12 Å². The lowest BCUT2D eigenvalue weighted by atomic mass is 9.80. The van der Waals surface area contributed by atoms with Crippen LogP contribution in [-0.2, 0) is 0 Å². The van der Waals surface area contributed by atoms with Crippen molar-refractivity contribution >= 4 is 109 Å². The maximum atomic E-state index is 9.31. The van der Waals surface area contributed by atoms with Crippen molar-refractivity contribution in [2.24, 2.45) is 0 Å². The van der Waals surface area contributed by atoms with Crippen LogP contribution >= 0.6 is 34.3 Å². The summed E-state index contributed by atoms with van der Waals surface area (Å²) in [6.07, 6.45) is 0. The molecular weight excluding hydrogens is 1120 g/mol. The van der Waals surface area contributed by atoms with Crippen molar-refractivity contribution < 1.29 is 10.0 Å². The standard InChI is InChI=1S/C37H23N3S.C25H16ClN3.C12H9BO2S/c1-2-11-24(12-3-1)26-15-8-16-27(23-26)35-38-36(31-20-9-14-25-13-4-5-17-28(25)31)40-37(39-35)32-21-10-19-30-29-18-6-7-22-33(29)41-34(30)32;26-25-28-23(20-13-6-12-19(16-20)17-8-2-1-3-9-17)27-24(29-25)22-15-7-11-18-10-4-5-14-21(18)22;14-13(15)10-6-3-5-9-8-4-1-2-7-11(8)16-12(9)10/h1-23H;1-16H;1-7,14-15H. The molecule has 8 nitrogen and oxygen atoms in total. The number of halogens is 1. The van der Waals surface area contributed by atoms with E-state index in [1.54, 1.807) is 28.7 Å². The lowest BCUT2D eigenvalue weighted by Gasteiger charge is -2.11. The van der Waals surface area contributed by atoms with Crippen LogP contribution in [0.25, 0.3) is 141 Å². The third kappa shape index (κ3) is 10.9. The predicted octanol–water partition coefficient (Wildman–Crippen LogP) is 18.5. The average molecular weight is 1160 g/mol. The minimum Gasteiger partial charge on any atom is -0.423 e. The number of aromatic nitrogens is 6. The van der Waals surface area contributed by atoms with Crippen molar-refractivity contribution in [2.75, 3.05) is 0 Å². The fourth-order valence-electron chi connectivity index (χ4n) is 11.0. The van der Waals surface area contributed by atoms with E-state index in [0.717, 1.165) is 81.7 Å². The summed E-state index contributed by atoms with van der Waals surface area (Å²) in [4.78, 5) is 28.9. The van der Waals surface area contributed by atoms with Gasteiger partial charge in [0.1, 0.15) is 0 Å². The Kier molecular flexibility index (Phi) is 15.0. The number of thiophene rings is 2. The van der Waals surface area contributed by atoms with Crippen molar-refractivity contribution in [3.8, 4) is 79.2 Å². The van der Waals surface area contributed by atoms with Crippen LogP contribution in [0.5, 0.6) is 0 Å². The fourth-order valence-corrected chi connectivity index (χ4v) is 13.6. The number of hydrogen-bond acceptors (Lipinski definition) is 10. The SMILES string of the molecule is Clc1nc(-c2cccc(-c3ccccc3)c2)nc(-c2cccc3ccccc23)n1.OB(O)c1cccc2c1sc1ccccc12.c1ccc(-c2cccc(-c3nc(-c4cccc5ccccc45)nc(-c4cccc5c4sc4ccccc45)n3)c2)cc1. The zero-order valence-corrected chi connectivity index (χ0v) is 48.3. The number of rotatable bonds is 8. The van der Waals surface area contributed by atoms with Crippen molar-refractivity contribution in [1.82, 2.24) is 29.9 Å². The molecule has 0 saturated heterocycles. The number of nitrogens with zero attached hydrogens (tertiary/aromatic N) is 6. The molecule has 0 spiro atoms. The van der Waals surface area contributed by atoms with Crippen LogP contribution in [0.15, 0.2) is 279 Å². The molecule has 4 heterocycles. The molecule has 16 rings (SSSR count). The normalized spacial score (nSPS) is 11.2. The Balaban J connectivity index is 0.000000126. The van der Waals surface area contributed by atoms with Crippen molar-refractivity contribution in [3.63, 3.8) is 0 Å². The Hall–Kier alpha value is -10.1. The van der Waals surface area contributed by atoms with E-state index in [4.69, 9.17) is 31.5 Å². The van der Waals surface area contributed by atoms with Gasteiger partial charge in [-0.05, 0) is 96.6 Å². The van der Waals surface area contributed by atoms with E-state index in [1.165, 1.54) is 30.3 Å². The number of benzene rings is 12. The van der Waals surface area contributed by atoms with Gasteiger partial charge in [-0.25, -0.2) is 19.9 Å². The molecule has 12 aromatic carbocycles. The lowest BCUT2D eigenvalue weighted by molar-refractivity contribution is 0.426. The maximum absolute atomic E-state index is 9.31. The Morgan fingerprint density at radius 1 is 0.279 bits per heavy atom. The van der Waals surface area contributed by atoms with Gasteiger partial charge in [-0.3, -0.25) is 0 Å². The first-order valence-corrected chi connectivity index (χ1v) is 30.0. The molecule has 4 aromatic heterocycles. The van der Waals surface area contributed by atoms with E-state index in [9.17, 15) is 10.0 Å². The number of fused-ring (bicyclic) bond motifs is 8. The Bertz CT molecular complexity index is 5150. The maximum Gasteiger partial charge on any atom is 0.489 e. The van der Waals surface area contributed by atoms with Crippen LogP contribution in [0.3, 0.4) is 0 Å². The fraction of sp³-hybridized carbons (Fsp3) is 0. The summed E-state index contributed by atoms with van der Waals surface area (Å²) in [5, 5.41) is 28.0. The van der Waals surface area contributed by atoms with E-state index in [1.807, 2.05) is 91.0 Å². The smallest absolute Gasteiger partial charge is 0.423 e. The van der Waals surface area contributed by atoms with Crippen molar-refractivity contribution in [2.45, 2.75) is 0 Å². The summed E-state index contributed by atoms with van der Waals surface area (Å²) in [6.45, 7) is 0. The zero-order valence-electron chi connectivity index (χ0n) is 45.9. The average Bonchev–Trinajstić information content (AvgIpc) is 3.41. The van der Waals surface area contributed by atoms with Gasteiger partial charge in [0.2, 0.25) is 5.28 Å². The quantitative estimate of drug-likeness (QED) is 0.145. The van der Waals surface area contributed by atoms with Gasteiger partial charge in [0.15, 0.2) is 29.1 Å². The topological polar surface area (TPSA) is 118 Å². The molecule has 0 unspecified atom stereocenters. The predicted molar refractivity (Wildman–Crippen MR) is 360 cm³/mol. The summed E-state index contributed by atoms with van der Waals surface area (Å²) in [7, 11) is -1.41. The Morgan fingerprint density at radius 2 is 0.628 bits per heavy atom. The molecule has 86 heavy (non-hydrogen) atoms. The molecule has 0 aliphatic rings. The molecule has 0 aliphatic carbocycles. The molecular formula is C74H48BClN6O2S2. The Morgan fingerprint density at radius 3 is 1.19 bits per heavy atom. The molecule has 0 saturated carbocycles. The van der Waals surface area contributed by atoms with Gasteiger partial charge in [0, 0.05) is 62.8 Å². The molecule has 0 atom stereocenters. The minimum atomic E-state index is -1.41. The molecule has 2 N–H and O–H groups in total. The van der Waals surface area contributed by atoms with E-state index in [0.29, 0.717) is 34.6 Å². The highest BCUT2D eigenvalue weighted by Gasteiger charge is 2.20. The van der Waals surface area contributed by atoms with Crippen molar-refractivity contribution in [1.29, 1.82) is 0 Å². The van der Waals surface area contributed by atoms with Gasteiger partial charge < -0.3 is 10.0 Å². The highest BCUT2D eigenvalue weighted by Crippen LogP contribution is 2.41. The first kappa shape index (κ1) is 53.9. The van der Waals surface area contributed by atoms with Gasteiger partial charge in [-0.1, -0.05) is 249 Å². The van der Waals surface area contributed by atoms with Gasteiger partial charge in [0.25, 0.3) is 0 Å². The van der Waals surface area contributed by atoms with Gasteiger partial charge in [-0.2, -0.15) is 9.97 Å². The van der Waals surface area contributed by atoms with Crippen LogP contribution in [-0.4, -0.2) is 47.1 Å². The highest BCUT2D eigenvalue weighted by atomic mass is 35.5. The van der Waals surface area contributed by atoms with Gasteiger partial charge in [-0.15, -0.1) is 22.7 Å². The molecule has 408 valence electrons.